The van der Waals surface area contributed by atoms with Crippen LogP contribution in [0, 0.1) is 0 Å². The molecule has 15 heteroatoms. The number of unbranched alkanes of at least 4 members (excludes halogenated alkanes) is 1. The molecule has 4 aromatic heterocycles. The highest BCUT2D eigenvalue weighted by Crippen LogP contribution is 2.25. The van der Waals surface area contributed by atoms with E-state index in [2.05, 4.69) is 37.7 Å². The number of sulfone groups is 2. The highest BCUT2D eigenvalue weighted by Gasteiger charge is 2.21. The number of hydrogen-bond donors (Lipinski definition) is 3. The summed E-state index contributed by atoms with van der Waals surface area (Å²) in [6.07, 6.45) is 12.0. The maximum atomic E-state index is 13.0. The van der Waals surface area contributed by atoms with Crippen molar-refractivity contribution in [3.8, 4) is 0 Å². The molecule has 316 valence electrons. The first-order chi connectivity index (χ1) is 30.0. The van der Waals surface area contributed by atoms with Crippen LogP contribution in [-0.4, -0.2) is 53.2 Å². The number of imidazole rings is 1. The summed E-state index contributed by atoms with van der Waals surface area (Å²) in [5.74, 6) is -0.473. The molecule has 3 N–H and O–H groups in total. The third-order valence-corrected chi connectivity index (χ3v) is 13.9. The van der Waals surface area contributed by atoms with Crippen LogP contribution in [0.3, 0.4) is 0 Å². The molecule has 0 atom stereocenters. The van der Waals surface area contributed by atoms with Gasteiger partial charge in [0.15, 0.2) is 5.65 Å². The number of amides is 2. The number of hydrogen-bond acceptors (Lipinski definition) is 9. The Morgan fingerprint density at radius 1 is 0.661 bits per heavy atom. The largest absolute Gasteiger partial charge is 0.348 e. The van der Waals surface area contributed by atoms with Gasteiger partial charge in [0, 0.05) is 43.3 Å². The van der Waals surface area contributed by atoms with Gasteiger partial charge in [-0.3, -0.25) is 14.7 Å². The van der Waals surface area contributed by atoms with Crippen molar-refractivity contribution in [1.82, 2.24) is 35.2 Å². The number of fused-ring (bicyclic) bond motifs is 2. The van der Waals surface area contributed by atoms with Crippen molar-refractivity contribution in [3.63, 3.8) is 0 Å². The van der Waals surface area contributed by atoms with Crippen LogP contribution in [0.15, 0.2) is 166 Å². The van der Waals surface area contributed by atoms with Gasteiger partial charge >= 0.3 is 0 Å². The molecule has 4 heterocycles. The predicted octanol–water partition coefficient (Wildman–Crippen LogP) is 7.72. The molecule has 0 aliphatic rings. The lowest BCUT2D eigenvalue weighted by Gasteiger charge is -2.10. The van der Waals surface area contributed by atoms with Crippen LogP contribution in [0.2, 0.25) is 0 Å². The first kappa shape index (κ1) is 43.1. The summed E-state index contributed by atoms with van der Waals surface area (Å²) >= 11 is 0. The number of carbonyl (C=O) groups is 2. The minimum absolute atomic E-state index is 0.209. The Morgan fingerprint density at radius 3 is 1.89 bits per heavy atom. The zero-order valence-corrected chi connectivity index (χ0v) is 35.8. The minimum atomic E-state index is -3.59. The minimum Gasteiger partial charge on any atom is -0.348 e. The quantitative estimate of drug-likeness (QED) is 0.0984. The number of benzene rings is 4. The summed E-state index contributed by atoms with van der Waals surface area (Å²) in [7, 11) is -7.17. The molecule has 4 aromatic carbocycles. The molecule has 0 saturated carbocycles. The first-order valence-electron chi connectivity index (χ1n) is 20.1. The van der Waals surface area contributed by atoms with Gasteiger partial charge in [-0.05, 0) is 102 Å². The summed E-state index contributed by atoms with van der Waals surface area (Å²) < 4.78 is 53.6. The van der Waals surface area contributed by atoms with Gasteiger partial charge in [0.1, 0.15) is 5.65 Å². The van der Waals surface area contributed by atoms with Crippen molar-refractivity contribution >= 4 is 48.2 Å². The standard InChI is InChI=1S/C24H24N4O3S.C23H21N3O3S/c1-2-3-4-17-5-9-21(10-6-17)32(30,31)22-11-7-18(8-12-22)14-26-24(29)20-13-19-16-27-28-23(19)25-15-20;1-2-18-5-3-4-6-21(18)30(28,29)20-10-7-17(8-11-20)15-25-23(27)19-9-12-22-24-13-14-26(22)16-19/h5-13,15-16H,2-4,14H2,1H3,(H,26,29)(H,25,27,28);3-14,16H,2,15H2,1H3,(H,25,27). The van der Waals surface area contributed by atoms with E-state index in [9.17, 15) is 26.4 Å². The molecule has 0 aliphatic heterocycles. The number of carbonyl (C=O) groups excluding carboxylic acids is 2. The second-order valence-corrected chi connectivity index (χ2v) is 18.4. The van der Waals surface area contributed by atoms with Gasteiger partial charge in [0.2, 0.25) is 19.7 Å². The van der Waals surface area contributed by atoms with Crippen LogP contribution < -0.4 is 10.6 Å². The number of nitrogens with zero attached hydrogens (tertiary/aromatic N) is 4. The number of nitrogens with one attached hydrogen (secondary N) is 3. The number of aromatic amines is 1. The molecular weight excluding hydrogens is 823 g/mol. The average Bonchev–Trinajstić information content (AvgIpc) is 3.99. The van der Waals surface area contributed by atoms with Crippen LogP contribution in [0.25, 0.3) is 16.7 Å². The van der Waals surface area contributed by atoms with E-state index >= 15 is 0 Å². The third-order valence-electron chi connectivity index (χ3n) is 10.3. The van der Waals surface area contributed by atoms with E-state index < -0.39 is 19.7 Å². The summed E-state index contributed by atoms with van der Waals surface area (Å²) in [5.41, 5.74) is 5.89. The number of pyridine rings is 2. The molecule has 0 radical (unpaired) electrons. The summed E-state index contributed by atoms with van der Waals surface area (Å²) in [6, 6.07) is 32.5. The van der Waals surface area contributed by atoms with Gasteiger partial charge < -0.3 is 15.0 Å². The van der Waals surface area contributed by atoms with Crippen LogP contribution in [0.1, 0.15) is 69.7 Å². The van der Waals surface area contributed by atoms with E-state index in [4.69, 9.17) is 0 Å². The lowest BCUT2D eigenvalue weighted by molar-refractivity contribution is 0.0942. The van der Waals surface area contributed by atoms with E-state index in [-0.39, 0.29) is 33.0 Å². The molecule has 0 unspecified atom stereocenters. The van der Waals surface area contributed by atoms with Crippen molar-refractivity contribution in [3.05, 3.63) is 180 Å². The van der Waals surface area contributed by atoms with Gasteiger partial charge in [-0.15, -0.1) is 0 Å². The number of aryl methyl sites for hydroxylation is 2. The Labute approximate surface area is 360 Å². The fourth-order valence-corrected chi connectivity index (χ4v) is 9.52. The van der Waals surface area contributed by atoms with Gasteiger partial charge in [0.05, 0.1) is 36.9 Å². The SMILES string of the molecule is CCCCc1ccc(S(=O)(=O)c2ccc(CNC(=O)c3cnc4[nH]ncc4c3)cc2)cc1.CCc1ccccc1S(=O)(=O)c1ccc(CNC(=O)c2ccc3nccn3c2)cc1. The molecule has 2 amide bonds. The average molecular weight is 868 g/mol. The molecule has 8 rings (SSSR count). The monoisotopic (exact) mass is 867 g/mol. The topological polar surface area (TPSA) is 185 Å². The second kappa shape index (κ2) is 19.2. The van der Waals surface area contributed by atoms with E-state index in [0.29, 0.717) is 34.6 Å². The summed E-state index contributed by atoms with van der Waals surface area (Å²) in [4.78, 5) is 34.2. The summed E-state index contributed by atoms with van der Waals surface area (Å²) in [6.45, 7) is 4.64. The molecule has 13 nitrogen and oxygen atoms in total. The molecule has 0 fully saturated rings. The van der Waals surface area contributed by atoms with E-state index in [1.807, 2.05) is 31.2 Å². The number of rotatable bonds is 14. The Bertz CT molecular complexity index is 3060. The van der Waals surface area contributed by atoms with Gasteiger partial charge in [-0.25, -0.2) is 26.8 Å². The van der Waals surface area contributed by atoms with Gasteiger partial charge in [-0.2, -0.15) is 5.10 Å². The Morgan fingerprint density at radius 2 is 1.26 bits per heavy atom. The molecule has 0 bridgehead atoms. The lowest BCUT2D eigenvalue weighted by atomic mass is 10.1. The number of H-pyrrole nitrogens is 1. The molecule has 62 heavy (non-hydrogen) atoms. The Hall–Kier alpha value is -6.97. The Kier molecular flexibility index (Phi) is 13.3. The van der Waals surface area contributed by atoms with Crippen LogP contribution in [-0.2, 0) is 45.6 Å². The van der Waals surface area contributed by atoms with Crippen molar-refractivity contribution in [2.75, 3.05) is 0 Å². The molecule has 0 saturated heterocycles. The number of aromatic nitrogens is 5. The van der Waals surface area contributed by atoms with Crippen molar-refractivity contribution in [1.29, 1.82) is 0 Å². The zero-order valence-electron chi connectivity index (χ0n) is 34.2. The van der Waals surface area contributed by atoms with Gasteiger partial charge in [0.25, 0.3) is 11.8 Å². The third kappa shape index (κ3) is 9.96. The highest BCUT2D eigenvalue weighted by molar-refractivity contribution is 7.91. The summed E-state index contributed by atoms with van der Waals surface area (Å²) in [5, 5.41) is 13.1. The normalized spacial score (nSPS) is 11.5. The smallest absolute Gasteiger partial charge is 0.253 e. The van der Waals surface area contributed by atoms with E-state index in [1.165, 1.54) is 6.20 Å². The fourth-order valence-electron chi connectivity index (χ4n) is 6.69. The van der Waals surface area contributed by atoms with Crippen molar-refractivity contribution < 1.29 is 26.4 Å². The van der Waals surface area contributed by atoms with Crippen LogP contribution in [0.5, 0.6) is 0 Å². The molecule has 8 aromatic rings. The molecule has 0 aliphatic carbocycles. The van der Waals surface area contributed by atoms with E-state index in [0.717, 1.165) is 52.5 Å². The zero-order chi connectivity index (χ0) is 43.7. The van der Waals surface area contributed by atoms with Crippen molar-refractivity contribution in [2.24, 2.45) is 0 Å². The molecule has 0 spiro atoms. The van der Waals surface area contributed by atoms with Gasteiger partial charge in [-0.1, -0.05) is 74.9 Å². The van der Waals surface area contributed by atoms with Crippen molar-refractivity contribution in [2.45, 2.75) is 72.2 Å². The van der Waals surface area contributed by atoms with E-state index in [1.54, 1.807) is 120 Å². The Balaban J connectivity index is 0.000000187. The maximum Gasteiger partial charge on any atom is 0.253 e. The maximum absolute atomic E-state index is 13.0. The van der Waals surface area contributed by atoms with Crippen LogP contribution >= 0.6 is 0 Å². The predicted molar refractivity (Wildman–Crippen MR) is 236 cm³/mol. The lowest BCUT2D eigenvalue weighted by Crippen LogP contribution is -2.23. The molecular formula is C47H45N7O6S2. The highest BCUT2D eigenvalue weighted by atomic mass is 32.2. The van der Waals surface area contributed by atoms with Crippen LogP contribution in [0.4, 0.5) is 0 Å². The second-order valence-electron chi connectivity index (χ2n) is 14.5. The fraction of sp³-hybridized carbons (Fsp3) is 0.170. The first-order valence-corrected chi connectivity index (χ1v) is 23.1.